The van der Waals surface area contributed by atoms with Gasteiger partial charge in [-0.3, -0.25) is 0 Å². The molecule has 0 amide bonds. The quantitative estimate of drug-likeness (QED) is 0.532. The van der Waals surface area contributed by atoms with Crippen molar-refractivity contribution >= 4 is 12.6 Å². The van der Waals surface area contributed by atoms with Crippen LogP contribution in [0.1, 0.15) is 19.8 Å². The van der Waals surface area contributed by atoms with Crippen molar-refractivity contribution < 1.29 is 22.0 Å². The fourth-order valence-electron chi connectivity index (χ4n) is 0.623. The summed E-state index contributed by atoms with van der Waals surface area (Å²) in [6, 6.07) is 0. The predicted octanol–water partition coefficient (Wildman–Crippen LogP) is 3.28. The van der Waals surface area contributed by atoms with Crippen LogP contribution in [-0.2, 0) is 0 Å². The summed E-state index contributed by atoms with van der Waals surface area (Å²) in [6.45, 7) is 1.43. The number of hydrogen-bond acceptors (Lipinski definition) is 1. The van der Waals surface area contributed by atoms with Gasteiger partial charge < -0.3 is 0 Å². The molecule has 0 saturated carbocycles. The molecule has 6 heteroatoms. The topological polar surface area (TPSA) is 0 Å². The molecule has 0 rings (SSSR count). The number of halogens is 5. The van der Waals surface area contributed by atoms with Gasteiger partial charge in [0.05, 0.1) is 0 Å². The lowest BCUT2D eigenvalue weighted by Crippen LogP contribution is -2.44. The molecule has 0 aliphatic rings. The van der Waals surface area contributed by atoms with Gasteiger partial charge >= 0.3 is 11.2 Å². The molecular weight excluding hydrogens is 199 g/mol. The fourth-order valence-corrected chi connectivity index (χ4v) is 0.763. The van der Waals surface area contributed by atoms with Crippen LogP contribution >= 0.6 is 12.6 Å². The zero-order valence-corrected chi connectivity index (χ0v) is 7.22. The number of rotatable bonds is 4. The molecule has 0 aliphatic carbocycles. The van der Waals surface area contributed by atoms with Crippen molar-refractivity contribution in [2.24, 2.45) is 0 Å². The van der Waals surface area contributed by atoms with E-state index in [0.29, 0.717) is 0 Å². The lowest BCUT2D eigenvalue weighted by molar-refractivity contribution is -0.190. The van der Waals surface area contributed by atoms with Gasteiger partial charge in [-0.2, -0.15) is 17.6 Å². The molecule has 0 spiro atoms. The first-order chi connectivity index (χ1) is 5.23. The molecule has 1 unspecified atom stereocenters. The Balaban J connectivity index is 4.38. The average molecular weight is 208 g/mol. The van der Waals surface area contributed by atoms with Gasteiger partial charge in [-0.05, 0) is 6.42 Å². The summed E-state index contributed by atoms with van der Waals surface area (Å²) < 4.78 is 60.9. The van der Waals surface area contributed by atoms with Gasteiger partial charge in [0.1, 0.15) is 0 Å². The maximum Gasteiger partial charge on any atom is 0.356 e. The summed E-state index contributed by atoms with van der Waals surface area (Å²) in [4.78, 5) is 0. The van der Waals surface area contributed by atoms with Gasteiger partial charge in [0.2, 0.25) is 0 Å². The first-order valence-corrected chi connectivity index (χ1v) is 3.80. The smallest absolute Gasteiger partial charge is 0.241 e. The number of hydrogen-bond donors (Lipinski definition) is 1. The highest BCUT2D eigenvalue weighted by Gasteiger charge is 2.59. The largest absolute Gasteiger partial charge is 0.356 e. The average Bonchev–Trinajstić information content (AvgIpc) is 1.85. The second kappa shape index (κ2) is 3.81. The maximum absolute atomic E-state index is 12.4. The molecule has 74 valence electrons. The summed E-state index contributed by atoms with van der Waals surface area (Å²) in [5.74, 6) is -4.69. The molecule has 12 heavy (non-hydrogen) atoms. The van der Waals surface area contributed by atoms with Crippen molar-refractivity contribution in [2.75, 3.05) is 0 Å². The van der Waals surface area contributed by atoms with Crippen LogP contribution in [0, 0.1) is 0 Å². The Morgan fingerprint density at radius 3 is 1.92 bits per heavy atom. The normalized spacial score (nSPS) is 16.2. The standard InChI is InChI=1S/C6H9F5S/c1-2-3-4(7)5(8,9)6(10,11)12/h4,12H,2-3H2,1H3. The molecule has 0 saturated heterocycles. The first kappa shape index (κ1) is 12.0. The second-order valence-electron chi connectivity index (χ2n) is 2.42. The monoisotopic (exact) mass is 208 g/mol. The fraction of sp³-hybridized carbons (Fsp3) is 1.00. The van der Waals surface area contributed by atoms with Gasteiger partial charge in [0.25, 0.3) is 0 Å². The van der Waals surface area contributed by atoms with Crippen LogP contribution in [-0.4, -0.2) is 17.3 Å². The van der Waals surface area contributed by atoms with E-state index in [4.69, 9.17) is 0 Å². The molecule has 0 aromatic carbocycles. The van der Waals surface area contributed by atoms with E-state index in [1.54, 1.807) is 0 Å². The van der Waals surface area contributed by atoms with E-state index < -0.39 is 23.8 Å². The van der Waals surface area contributed by atoms with Crippen molar-refractivity contribution in [1.29, 1.82) is 0 Å². The molecule has 1 atom stereocenters. The van der Waals surface area contributed by atoms with Crippen molar-refractivity contribution in [3.63, 3.8) is 0 Å². The Labute approximate surface area is 72.5 Å². The van der Waals surface area contributed by atoms with Gasteiger partial charge in [0, 0.05) is 0 Å². The van der Waals surface area contributed by atoms with Gasteiger partial charge in [-0.1, -0.05) is 26.0 Å². The van der Waals surface area contributed by atoms with E-state index >= 15 is 0 Å². The van der Waals surface area contributed by atoms with Crippen molar-refractivity contribution in [2.45, 2.75) is 37.1 Å². The third kappa shape index (κ3) is 2.50. The van der Waals surface area contributed by atoms with Crippen molar-refractivity contribution in [1.82, 2.24) is 0 Å². The molecule has 0 nitrogen and oxygen atoms in total. The minimum atomic E-state index is -4.69. The van der Waals surface area contributed by atoms with Crippen LogP contribution < -0.4 is 0 Å². The zero-order valence-electron chi connectivity index (χ0n) is 6.33. The molecule has 0 aromatic rings. The van der Waals surface area contributed by atoms with Crippen molar-refractivity contribution in [3.8, 4) is 0 Å². The SMILES string of the molecule is CCCC(F)C(F)(F)C(F)(F)S. The Morgan fingerprint density at radius 1 is 1.25 bits per heavy atom. The summed E-state index contributed by atoms with van der Waals surface area (Å²) in [5.41, 5.74) is 0. The summed E-state index contributed by atoms with van der Waals surface area (Å²) in [7, 11) is 0. The van der Waals surface area contributed by atoms with Crippen LogP contribution in [0.25, 0.3) is 0 Å². The van der Waals surface area contributed by atoms with Crippen LogP contribution in [0.2, 0.25) is 0 Å². The van der Waals surface area contributed by atoms with Crippen LogP contribution in [0.3, 0.4) is 0 Å². The number of thiol groups is 1. The molecule has 0 fully saturated rings. The van der Waals surface area contributed by atoms with E-state index in [-0.39, 0.29) is 6.42 Å². The Bertz CT molecular complexity index is 141. The zero-order chi connectivity index (χ0) is 9.99. The lowest BCUT2D eigenvalue weighted by Gasteiger charge is -2.24. The molecule has 0 radical (unpaired) electrons. The van der Waals surface area contributed by atoms with Crippen LogP contribution in [0.5, 0.6) is 0 Å². The van der Waals surface area contributed by atoms with Gasteiger partial charge in [-0.15, -0.1) is 0 Å². The van der Waals surface area contributed by atoms with Crippen LogP contribution in [0.4, 0.5) is 22.0 Å². The predicted molar refractivity (Wildman–Crippen MR) is 38.7 cm³/mol. The van der Waals surface area contributed by atoms with Crippen LogP contribution in [0.15, 0.2) is 0 Å². The lowest BCUT2D eigenvalue weighted by atomic mass is 10.1. The highest BCUT2D eigenvalue weighted by atomic mass is 32.1. The Hall–Kier alpha value is -0.0000000000000000555. The minimum Gasteiger partial charge on any atom is -0.241 e. The molecule has 0 aromatic heterocycles. The first-order valence-electron chi connectivity index (χ1n) is 3.35. The molecule has 0 aliphatic heterocycles. The molecule has 0 bridgehead atoms. The minimum absolute atomic E-state index is 0.0839. The maximum atomic E-state index is 12.4. The third-order valence-electron chi connectivity index (χ3n) is 1.34. The Morgan fingerprint density at radius 2 is 1.67 bits per heavy atom. The van der Waals surface area contributed by atoms with E-state index in [2.05, 4.69) is 12.6 Å². The van der Waals surface area contributed by atoms with Crippen molar-refractivity contribution in [3.05, 3.63) is 0 Å². The molecular formula is C6H9F5S. The van der Waals surface area contributed by atoms with E-state index in [1.165, 1.54) is 6.92 Å². The highest BCUT2D eigenvalue weighted by molar-refractivity contribution is 7.81. The summed E-state index contributed by atoms with van der Waals surface area (Å²) in [6.07, 6.45) is -3.35. The summed E-state index contributed by atoms with van der Waals surface area (Å²) in [5, 5.41) is -4.60. The van der Waals surface area contributed by atoms with E-state index in [0.717, 1.165) is 0 Å². The third-order valence-corrected chi connectivity index (χ3v) is 1.63. The second-order valence-corrected chi connectivity index (χ2v) is 2.98. The van der Waals surface area contributed by atoms with E-state index in [9.17, 15) is 22.0 Å². The van der Waals surface area contributed by atoms with E-state index in [1.807, 2.05) is 0 Å². The molecule has 0 heterocycles. The Kier molecular flexibility index (Phi) is 3.81. The van der Waals surface area contributed by atoms with Gasteiger partial charge in [-0.25, -0.2) is 4.39 Å². The molecule has 0 N–H and O–H groups in total. The highest BCUT2D eigenvalue weighted by Crippen LogP contribution is 2.42. The number of alkyl halides is 5. The van der Waals surface area contributed by atoms with Gasteiger partial charge in [0.15, 0.2) is 6.17 Å². The summed E-state index contributed by atoms with van der Waals surface area (Å²) >= 11 is 2.34.